The topological polar surface area (TPSA) is 205 Å². The predicted molar refractivity (Wildman–Crippen MR) is 194 cm³/mol. The monoisotopic (exact) mass is 757 g/mol. The Bertz CT molecular complexity index is 1870. The highest BCUT2D eigenvalue weighted by molar-refractivity contribution is 5.68. The van der Waals surface area contributed by atoms with Gasteiger partial charge in [0, 0.05) is 55.9 Å². The van der Waals surface area contributed by atoms with Gasteiger partial charge in [0.05, 0.1) is 12.2 Å². The number of likely N-dealkylation sites (tertiary alicyclic amines) is 2. The van der Waals surface area contributed by atoms with Crippen LogP contribution in [0.2, 0.25) is 0 Å². The Morgan fingerprint density at radius 1 is 0.800 bits per heavy atom. The fourth-order valence-electron chi connectivity index (χ4n) is 6.33. The van der Waals surface area contributed by atoms with Gasteiger partial charge in [-0.15, -0.1) is 0 Å². The van der Waals surface area contributed by atoms with Crippen LogP contribution in [0, 0.1) is 11.3 Å². The van der Waals surface area contributed by atoms with Crippen molar-refractivity contribution < 1.29 is 37.6 Å². The number of rotatable bonds is 9. The molecule has 0 atom stereocenters. The number of carbonyl (C=O) groups excluding carboxylic acids is 2. The Labute approximate surface area is 319 Å². The molecule has 2 amide bonds. The molecule has 0 radical (unpaired) electrons. The molecule has 0 aromatic carbocycles. The maximum Gasteiger partial charge on any atom is 0.410 e. The predicted octanol–water partition coefficient (Wildman–Crippen LogP) is 6.11. The van der Waals surface area contributed by atoms with Crippen molar-refractivity contribution in [2.24, 2.45) is 0 Å². The first-order chi connectivity index (χ1) is 26.6. The SMILES string of the molecule is CC(C)(C)OC(=O)N1CCC(OCc2noc(-c3ccnc(C#N)c3)n2)CC1.O=C(OC1CCCC1)N1CCC(OCc2nc(-c3ccncc3)no2)CC1. The van der Waals surface area contributed by atoms with Crippen molar-refractivity contribution in [2.45, 2.75) is 109 Å². The summed E-state index contributed by atoms with van der Waals surface area (Å²) in [5, 5.41) is 16.8. The lowest BCUT2D eigenvalue weighted by molar-refractivity contribution is -0.0191. The number of aromatic nitrogens is 6. The van der Waals surface area contributed by atoms with E-state index in [-0.39, 0.29) is 49.4 Å². The zero-order valence-electron chi connectivity index (χ0n) is 31.5. The molecule has 6 heterocycles. The molecule has 7 rings (SSSR count). The summed E-state index contributed by atoms with van der Waals surface area (Å²) in [4.78, 5) is 44.3. The standard InChI is InChI=1S/C19H23N5O4.C19H24N4O4/c1-19(2,3)27-18(25)24-8-5-15(6-9-24)26-12-16-22-17(28-23-16)13-4-7-21-14(10-13)11-20;24-19(26-16-3-1-2-4-16)23-11-7-15(8-12-23)25-13-17-21-18(22-27-17)14-5-9-20-10-6-14/h4,7,10,15H,5-6,8-9,12H2,1-3H3;5-6,9-10,15-16H,1-4,7-8,11-13H2. The fourth-order valence-corrected chi connectivity index (χ4v) is 6.33. The van der Waals surface area contributed by atoms with E-state index < -0.39 is 5.60 Å². The molecule has 0 bridgehead atoms. The summed E-state index contributed by atoms with van der Waals surface area (Å²) in [6, 6.07) is 8.92. The minimum Gasteiger partial charge on any atom is -0.446 e. The number of hydrogen-bond acceptors (Lipinski definition) is 15. The normalized spacial score (nSPS) is 17.0. The number of amides is 2. The lowest BCUT2D eigenvalue weighted by Crippen LogP contribution is -2.43. The molecule has 4 aromatic rings. The van der Waals surface area contributed by atoms with Crippen LogP contribution in [0.25, 0.3) is 22.8 Å². The molecule has 17 heteroatoms. The van der Waals surface area contributed by atoms with Gasteiger partial charge in [-0.05, 0) is 96.4 Å². The summed E-state index contributed by atoms with van der Waals surface area (Å²) in [6.07, 6.45) is 12.0. The molecule has 0 N–H and O–H groups in total. The van der Waals surface area contributed by atoms with Crippen LogP contribution in [0.15, 0.2) is 51.9 Å². The van der Waals surface area contributed by atoms with E-state index in [2.05, 4.69) is 30.2 Å². The zero-order valence-corrected chi connectivity index (χ0v) is 31.5. The minimum atomic E-state index is -0.496. The number of nitrogens with zero attached hydrogens (tertiary/aromatic N) is 9. The molecule has 0 unspecified atom stereocenters. The molecule has 1 saturated carbocycles. The molecule has 3 aliphatic rings. The van der Waals surface area contributed by atoms with Gasteiger partial charge in [-0.25, -0.2) is 14.6 Å². The van der Waals surface area contributed by atoms with Gasteiger partial charge in [0.15, 0.2) is 5.82 Å². The third kappa shape index (κ3) is 11.8. The highest BCUT2D eigenvalue weighted by atomic mass is 16.6. The molecule has 55 heavy (non-hydrogen) atoms. The molecule has 292 valence electrons. The van der Waals surface area contributed by atoms with Gasteiger partial charge >= 0.3 is 12.2 Å². The van der Waals surface area contributed by atoms with E-state index in [1.54, 1.807) is 34.3 Å². The first-order valence-corrected chi connectivity index (χ1v) is 18.7. The van der Waals surface area contributed by atoms with Crippen LogP contribution in [0.5, 0.6) is 0 Å². The van der Waals surface area contributed by atoms with Gasteiger partial charge < -0.3 is 37.8 Å². The Hall–Kier alpha value is -5.47. The summed E-state index contributed by atoms with van der Waals surface area (Å²) < 4.78 is 33.2. The number of nitriles is 1. The molecule has 1 aliphatic carbocycles. The average molecular weight is 758 g/mol. The lowest BCUT2D eigenvalue weighted by Gasteiger charge is -2.33. The number of piperidine rings is 2. The molecule has 0 spiro atoms. The molecule has 2 saturated heterocycles. The fraction of sp³-hybridized carbons (Fsp3) is 0.553. The number of pyridine rings is 2. The summed E-state index contributed by atoms with van der Waals surface area (Å²) in [5.74, 6) is 1.72. The van der Waals surface area contributed by atoms with E-state index in [1.165, 1.54) is 6.20 Å². The van der Waals surface area contributed by atoms with Crippen molar-refractivity contribution in [3.63, 3.8) is 0 Å². The Morgan fingerprint density at radius 3 is 2.09 bits per heavy atom. The van der Waals surface area contributed by atoms with E-state index in [0.29, 0.717) is 55.2 Å². The summed E-state index contributed by atoms with van der Waals surface area (Å²) in [6.45, 7) is 8.54. The third-order valence-electron chi connectivity index (χ3n) is 9.25. The molecule has 3 fully saturated rings. The van der Waals surface area contributed by atoms with Gasteiger partial charge in [-0.1, -0.05) is 10.3 Å². The van der Waals surface area contributed by atoms with E-state index in [1.807, 2.05) is 39.0 Å². The number of hydrogen-bond donors (Lipinski definition) is 0. The maximum atomic E-state index is 12.2. The number of ether oxygens (including phenoxy) is 4. The second-order valence-corrected chi connectivity index (χ2v) is 14.6. The van der Waals surface area contributed by atoms with Crippen LogP contribution in [0.1, 0.15) is 89.5 Å². The molecule has 2 aliphatic heterocycles. The Morgan fingerprint density at radius 2 is 1.44 bits per heavy atom. The lowest BCUT2D eigenvalue weighted by atomic mass is 10.1. The largest absolute Gasteiger partial charge is 0.446 e. The van der Waals surface area contributed by atoms with Crippen molar-refractivity contribution >= 4 is 12.2 Å². The smallest absolute Gasteiger partial charge is 0.410 e. The van der Waals surface area contributed by atoms with Gasteiger partial charge in [-0.3, -0.25) is 4.98 Å². The van der Waals surface area contributed by atoms with Gasteiger partial charge in [0.25, 0.3) is 11.8 Å². The van der Waals surface area contributed by atoms with Gasteiger partial charge in [0.2, 0.25) is 5.82 Å². The van der Waals surface area contributed by atoms with Crippen LogP contribution in [0.4, 0.5) is 9.59 Å². The van der Waals surface area contributed by atoms with E-state index in [0.717, 1.165) is 56.9 Å². The van der Waals surface area contributed by atoms with Crippen LogP contribution in [-0.2, 0) is 32.2 Å². The minimum absolute atomic E-state index is 0.0201. The average Bonchev–Trinajstić information content (AvgIpc) is 4.00. The van der Waals surface area contributed by atoms with Crippen LogP contribution in [-0.4, -0.2) is 102 Å². The Balaban J connectivity index is 0.000000187. The first-order valence-electron chi connectivity index (χ1n) is 18.7. The van der Waals surface area contributed by atoms with E-state index in [9.17, 15) is 9.59 Å². The van der Waals surface area contributed by atoms with Crippen molar-refractivity contribution in [1.29, 1.82) is 5.26 Å². The third-order valence-corrected chi connectivity index (χ3v) is 9.25. The van der Waals surface area contributed by atoms with Crippen molar-refractivity contribution in [3.05, 3.63) is 60.3 Å². The second-order valence-electron chi connectivity index (χ2n) is 14.6. The van der Waals surface area contributed by atoms with Crippen LogP contribution >= 0.6 is 0 Å². The van der Waals surface area contributed by atoms with Crippen molar-refractivity contribution in [3.8, 4) is 28.9 Å². The summed E-state index contributed by atoms with van der Waals surface area (Å²) >= 11 is 0. The second kappa shape index (κ2) is 18.7. The summed E-state index contributed by atoms with van der Waals surface area (Å²) in [7, 11) is 0. The molecule has 17 nitrogen and oxygen atoms in total. The zero-order chi connectivity index (χ0) is 38.6. The van der Waals surface area contributed by atoms with Crippen molar-refractivity contribution in [1.82, 2.24) is 40.0 Å². The first kappa shape index (κ1) is 39.2. The van der Waals surface area contributed by atoms with Crippen LogP contribution in [0.3, 0.4) is 0 Å². The van der Waals surface area contributed by atoms with Crippen LogP contribution < -0.4 is 0 Å². The van der Waals surface area contributed by atoms with Gasteiger partial charge in [0.1, 0.15) is 36.7 Å². The molecular weight excluding hydrogens is 710 g/mol. The Kier molecular flexibility index (Phi) is 13.4. The maximum absolute atomic E-state index is 12.2. The molecule has 4 aromatic heterocycles. The highest BCUT2D eigenvalue weighted by Crippen LogP contribution is 2.24. The molecular formula is C38H47N9O8. The summed E-state index contributed by atoms with van der Waals surface area (Å²) in [5.41, 5.74) is 1.28. The van der Waals surface area contributed by atoms with Gasteiger partial charge in [-0.2, -0.15) is 15.2 Å². The van der Waals surface area contributed by atoms with E-state index in [4.69, 9.17) is 33.3 Å². The quantitative estimate of drug-likeness (QED) is 0.189. The van der Waals surface area contributed by atoms with E-state index >= 15 is 0 Å². The number of carbonyl (C=O) groups is 2. The highest BCUT2D eigenvalue weighted by Gasteiger charge is 2.29. The van der Waals surface area contributed by atoms with Crippen molar-refractivity contribution in [2.75, 3.05) is 26.2 Å².